The molecule has 3 aromatic rings. The largest absolute Gasteiger partial charge is 0.494 e. The van der Waals surface area contributed by atoms with Gasteiger partial charge in [-0.3, -0.25) is 14.4 Å². The number of fused-ring (bicyclic) bond motifs is 1. The second kappa shape index (κ2) is 9.13. The first-order chi connectivity index (χ1) is 15.0. The molecule has 2 heterocycles. The topological polar surface area (TPSA) is 101 Å². The summed E-state index contributed by atoms with van der Waals surface area (Å²) in [6.07, 6.45) is 1.40. The second-order valence-electron chi connectivity index (χ2n) is 7.01. The number of amides is 3. The number of hydrogen-bond donors (Lipinski definition) is 2. The van der Waals surface area contributed by atoms with Crippen molar-refractivity contribution in [3.05, 3.63) is 48.0 Å². The molecule has 0 bridgehead atoms. The van der Waals surface area contributed by atoms with Crippen LogP contribution >= 0.6 is 11.3 Å². The SMILES string of the molecule is CCOc1ccc2nc(NC(=O)CNC(=O)c3ccc(N4CCCC4=O)cc3)sc2c1. The van der Waals surface area contributed by atoms with Crippen LogP contribution in [0.1, 0.15) is 30.1 Å². The summed E-state index contributed by atoms with van der Waals surface area (Å²) in [5, 5.41) is 5.77. The van der Waals surface area contributed by atoms with Gasteiger partial charge in [-0.25, -0.2) is 4.98 Å². The van der Waals surface area contributed by atoms with Gasteiger partial charge in [0.05, 0.1) is 23.4 Å². The molecule has 3 amide bonds. The number of rotatable bonds is 7. The van der Waals surface area contributed by atoms with Crippen LogP contribution in [-0.2, 0) is 9.59 Å². The Hall–Kier alpha value is -3.46. The molecule has 2 aromatic carbocycles. The molecule has 4 rings (SSSR count). The van der Waals surface area contributed by atoms with Gasteiger partial charge >= 0.3 is 0 Å². The first-order valence-electron chi connectivity index (χ1n) is 10.1. The number of hydrogen-bond acceptors (Lipinski definition) is 6. The van der Waals surface area contributed by atoms with E-state index in [1.54, 1.807) is 29.2 Å². The van der Waals surface area contributed by atoms with Gasteiger partial charge < -0.3 is 20.3 Å². The van der Waals surface area contributed by atoms with Crippen LogP contribution in [0.15, 0.2) is 42.5 Å². The average Bonchev–Trinajstić information content (AvgIpc) is 3.37. The lowest BCUT2D eigenvalue weighted by Gasteiger charge is -2.15. The summed E-state index contributed by atoms with van der Waals surface area (Å²) < 4.78 is 6.38. The molecule has 8 nitrogen and oxygen atoms in total. The molecule has 1 fully saturated rings. The third-order valence-electron chi connectivity index (χ3n) is 4.84. The van der Waals surface area contributed by atoms with Gasteiger partial charge in [0.25, 0.3) is 5.91 Å². The van der Waals surface area contributed by atoms with E-state index >= 15 is 0 Å². The molecule has 1 aliphatic heterocycles. The Kier molecular flexibility index (Phi) is 6.13. The molecule has 0 radical (unpaired) electrons. The van der Waals surface area contributed by atoms with Gasteiger partial charge in [0, 0.05) is 24.2 Å². The minimum absolute atomic E-state index is 0.0952. The first kappa shape index (κ1) is 20.8. The number of aromatic nitrogens is 1. The van der Waals surface area contributed by atoms with Crippen LogP contribution in [-0.4, -0.2) is 42.4 Å². The smallest absolute Gasteiger partial charge is 0.251 e. The van der Waals surface area contributed by atoms with E-state index in [1.165, 1.54) is 11.3 Å². The molecular formula is C22H22N4O4S. The Bertz CT molecular complexity index is 1130. The van der Waals surface area contributed by atoms with Crippen LogP contribution in [0.5, 0.6) is 5.75 Å². The molecule has 0 spiro atoms. The van der Waals surface area contributed by atoms with Crippen molar-refractivity contribution in [2.75, 3.05) is 29.9 Å². The van der Waals surface area contributed by atoms with Crippen LogP contribution in [0.4, 0.5) is 10.8 Å². The number of nitrogens with zero attached hydrogens (tertiary/aromatic N) is 2. The third-order valence-corrected chi connectivity index (χ3v) is 5.77. The van der Waals surface area contributed by atoms with E-state index in [4.69, 9.17) is 4.74 Å². The van der Waals surface area contributed by atoms with E-state index in [9.17, 15) is 14.4 Å². The van der Waals surface area contributed by atoms with Crippen molar-refractivity contribution in [3.63, 3.8) is 0 Å². The van der Waals surface area contributed by atoms with Crippen LogP contribution in [0.2, 0.25) is 0 Å². The molecular weight excluding hydrogens is 416 g/mol. The molecule has 1 aliphatic rings. The van der Waals surface area contributed by atoms with E-state index in [2.05, 4.69) is 15.6 Å². The lowest BCUT2D eigenvalue weighted by molar-refractivity contribution is -0.117. The maximum absolute atomic E-state index is 12.3. The molecule has 1 saturated heterocycles. The molecule has 9 heteroatoms. The van der Waals surface area contributed by atoms with E-state index in [-0.39, 0.29) is 24.3 Å². The minimum atomic E-state index is -0.364. The summed E-state index contributed by atoms with van der Waals surface area (Å²) in [6.45, 7) is 3.01. The van der Waals surface area contributed by atoms with Gasteiger partial charge in [0.2, 0.25) is 11.8 Å². The van der Waals surface area contributed by atoms with Gasteiger partial charge in [-0.1, -0.05) is 11.3 Å². The van der Waals surface area contributed by atoms with Crippen molar-refractivity contribution >= 4 is 50.1 Å². The lowest BCUT2D eigenvalue weighted by Crippen LogP contribution is -2.32. The van der Waals surface area contributed by atoms with Crippen LogP contribution in [0, 0.1) is 0 Å². The van der Waals surface area contributed by atoms with Gasteiger partial charge in [0.1, 0.15) is 5.75 Å². The average molecular weight is 439 g/mol. The maximum Gasteiger partial charge on any atom is 0.251 e. The number of anilines is 2. The fraction of sp³-hybridized carbons (Fsp3) is 0.273. The molecule has 0 aliphatic carbocycles. The van der Waals surface area contributed by atoms with Crippen molar-refractivity contribution in [3.8, 4) is 5.75 Å². The van der Waals surface area contributed by atoms with Gasteiger partial charge in [-0.15, -0.1) is 0 Å². The fourth-order valence-corrected chi connectivity index (χ4v) is 4.27. The number of nitrogens with one attached hydrogen (secondary N) is 2. The number of ether oxygens (including phenoxy) is 1. The summed E-state index contributed by atoms with van der Waals surface area (Å²) in [4.78, 5) is 42.5. The number of thiazole rings is 1. The highest BCUT2D eigenvalue weighted by Gasteiger charge is 2.21. The number of carbonyl (C=O) groups is 3. The monoisotopic (exact) mass is 438 g/mol. The highest BCUT2D eigenvalue weighted by molar-refractivity contribution is 7.22. The maximum atomic E-state index is 12.3. The summed E-state index contributed by atoms with van der Waals surface area (Å²) in [5.41, 5.74) is 1.97. The quantitative estimate of drug-likeness (QED) is 0.590. The van der Waals surface area contributed by atoms with Crippen LogP contribution in [0.3, 0.4) is 0 Å². The molecule has 31 heavy (non-hydrogen) atoms. The summed E-state index contributed by atoms with van der Waals surface area (Å²) in [6, 6.07) is 12.4. The molecule has 0 unspecified atom stereocenters. The first-order valence-corrected chi connectivity index (χ1v) is 10.9. The van der Waals surface area contributed by atoms with Gasteiger partial charge in [-0.2, -0.15) is 0 Å². The standard InChI is InChI=1S/C22H22N4O4S/c1-2-30-16-9-10-17-18(12-16)31-22(24-17)25-19(27)13-23-21(29)14-5-7-15(8-6-14)26-11-3-4-20(26)28/h5-10,12H,2-4,11,13H2,1H3,(H,23,29)(H,24,25,27). The van der Waals surface area contributed by atoms with E-state index in [0.717, 1.165) is 28.1 Å². The molecule has 2 N–H and O–H groups in total. The van der Waals surface area contributed by atoms with Gasteiger partial charge in [0.15, 0.2) is 5.13 Å². The summed E-state index contributed by atoms with van der Waals surface area (Å²) >= 11 is 1.34. The second-order valence-corrected chi connectivity index (χ2v) is 8.04. The zero-order valence-corrected chi connectivity index (χ0v) is 17.8. The summed E-state index contributed by atoms with van der Waals surface area (Å²) in [7, 11) is 0. The number of carbonyl (C=O) groups excluding carboxylic acids is 3. The zero-order valence-electron chi connectivity index (χ0n) is 17.0. The molecule has 0 atom stereocenters. The van der Waals surface area contributed by atoms with Crippen molar-refractivity contribution in [1.29, 1.82) is 0 Å². The Morgan fingerprint density at radius 1 is 1.19 bits per heavy atom. The van der Waals surface area contributed by atoms with Crippen molar-refractivity contribution in [1.82, 2.24) is 10.3 Å². The van der Waals surface area contributed by atoms with Crippen molar-refractivity contribution < 1.29 is 19.1 Å². The number of benzene rings is 2. The Morgan fingerprint density at radius 3 is 2.71 bits per heavy atom. The Balaban J connectivity index is 1.31. The highest BCUT2D eigenvalue weighted by atomic mass is 32.1. The van der Waals surface area contributed by atoms with E-state index in [1.807, 2.05) is 25.1 Å². The predicted molar refractivity (Wildman–Crippen MR) is 120 cm³/mol. The highest BCUT2D eigenvalue weighted by Crippen LogP contribution is 2.29. The molecule has 0 saturated carbocycles. The van der Waals surface area contributed by atoms with Crippen LogP contribution in [0.25, 0.3) is 10.2 Å². The zero-order chi connectivity index (χ0) is 21.8. The molecule has 1 aromatic heterocycles. The van der Waals surface area contributed by atoms with Gasteiger partial charge in [-0.05, 0) is 55.8 Å². The van der Waals surface area contributed by atoms with E-state index < -0.39 is 0 Å². The Morgan fingerprint density at radius 2 is 2.00 bits per heavy atom. The van der Waals surface area contributed by atoms with E-state index in [0.29, 0.717) is 30.3 Å². The van der Waals surface area contributed by atoms with Crippen molar-refractivity contribution in [2.24, 2.45) is 0 Å². The lowest BCUT2D eigenvalue weighted by atomic mass is 10.2. The third kappa shape index (κ3) is 4.83. The predicted octanol–water partition coefficient (Wildman–Crippen LogP) is 3.19. The van der Waals surface area contributed by atoms with Crippen LogP contribution < -0.4 is 20.3 Å². The fourth-order valence-electron chi connectivity index (χ4n) is 3.35. The summed E-state index contributed by atoms with van der Waals surface area (Å²) in [5.74, 6) is 0.124. The Labute approximate surface area is 183 Å². The normalized spacial score (nSPS) is 13.5. The minimum Gasteiger partial charge on any atom is -0.494 e. The molecule has 160 valence electrons. The van der Waals surface area contributed by atoms with Crippen molar-refractivity contribution in [2.45, 2.75) is 19.8 Å².